The first-order chi connectivity index (χ1) is 13.4. The number of esters is 3. The molecule has 2 saturated carbocycles. The van der Waals surface area contributed by atoms with Crippen LogP contribution in [0.2, 0.25) is 0 Å². The highest BCUT2D eigenvalue weighted by Crippen LogP contribution is 2.84. The highest BCUT2D eigenvalue weighted by molar-refractivity contribution is 5.93. The van der Waals surface area contributed by atoms with Crippen molar-refractivity contribution in [2.75, 3.05) is 0 Å². The van der Waals surface area contributed by atoms with Crippen LogP contribution in [0, 0.1) is 28.1 Å². The van der Waals surface area contributed by atoms with Gasteiger partial charge in [0.05, 0.1) is 16.7 Å². The molecule has 2 N–H and O–H groups in total. The molecule has 9 heteroatoms. The molecule has 6 rings (SSSR count). The molecule has 0 aromatic carbocycles. The molecule has 6 aliphatic rings. The lowest BCUT2D eigenvalue weighted by Crippen LogP contribution is -2.66. The number of fused-ring (bicyclic) bond motifs is 1. The summed E-state index contributed by atoms with van der Waals surface area (Å²) in [4.78, 5) is 38.1. The number of carbonyl (C=O) groups excluding carboxylic acids is 3. The molecule has 9 nitrogen and oxygen atoms in total. The highest BCUT2D eigenvalue weighted by Gasteiger charge is 3.01. The van der Waals surface area contributed by atoms with Gasteiger partial charge >= 0.3 is 17.9 Å². The Bertz CT molecular complexity index is 893. The normalized spacial score (nSPS) is 59.2. The topological polar surface area (TPSA) is 129 Å². The maximum absolute atomic E-state index is 13.3. The minimum absolute atomic E-state index is 0.0623. The van der Waals surface area contributed by atoms with Gasteiger partial charge in [-0.2, -0.15) is 0 Å². The average Bonchev–Trinajstić information content (AvgIpc) is 3.31. The van der Waals surface area contributed by atoms with Gasteiger partial charge in [-0.25, -0.2) is 9.59 Å². The number of aliphatic hydroxyl groups excluding tert-OH is 1. The second-order valence-electron chi connectivity index (χ2n) is 10.6. The van der Waals surface area contributed by atoms with E-state index in [1.54, 1.807) is 0 Å². The fourth-order valence-electron chi connectivity index (χ4n) is 8.06. The van der Waals surface area contributed by atoms with Gasteiger partial charge in [-0.1, -0.05) is 20.8 Å². The molecule has 10 atom stereocenters. The minimum Gasteiger partial charge on any atom is -0.459 e. The average molecular weight is 408 g/mol. The Hall–Kier alpha value is -1.71. The molecule has 2 aliphatic carbocycles. The number of rotatable bonds is 0. The predicted octanol–water partition coefficient (Wildman–Crippen LogP) is -0.340. The summed E-state index contributed by atoms with van der Waals surface area (Å²) in [6.07, 6.45) is -3.96. The second-order valence-corrected chi connectivity index (χ2v) is 10.6. The van der Waals surface area contributed by atoms with Crippen molar-refractivity contribution < 1.29 is 43.5 Å². The summed E-state index contributed by atoms with van der Waals surface area (Å²) >= 11 is 0. The van der Waals surface area contributed by atoms with Gasteiger partial charge in [-0.3, -0.25) is 4.79 Å². The van der Waals surface area contributed by atoms with Crippen LogP contribution in [-0.2, 0) is 33.3 Å². The van der Waals surface area contributed by atoms with Crippen molar-refractivity contribution in [2.24, 2.45) is 28.1 Å². The van der Waals surface area contributed by atoms with Gasteiger partial charge in [0.1, 0.15) is 12.2 Å². The van der Waals surface area contributed by atoms with Crippen LogP contribution in [0.3, 0.4) is 0 Å². The van der Waals surface area contributed by atoms with Crippen molar-refractivity contribution in [2.45, 2.75) is 76.3 Å². The monoisotopic (exact) mass is 408 g/mol. The zero-order valence-corrected chi connectivity index (χ0v) is 16.6. The molecule has 4 heterocycles. The zero-order chi connectivity index (χ0) is 20.9. The van der Waals surface area contributed by atoms with E-state index in [2.05, 4.69) is 0 Å². The minimum atomic E-state index is -1.97. The van der Waals surface area contributed by atoms with Gasteiger partial charge in [0, 0.05) is 6.42 Å². The smallest absolute Gasteiger partial charge is 0.342 e. The molecule has 4 saturated heterocycles. The molecular weight excluding hydrogens is 384 g/mol. The Labute approximate surface area is 166 Å². The molecular formula is C20H24O9. The van der Waals surface area contributed by atoms with Gasteiger partial charge in [0.25, 0.3) is 0 Å². The number of ether oxygens (including phenoxy) is 4. The Morgan fingerprint density at radius 3 is 2.38 bits per heavy atom. The predicted molar refractivity (Wildman–Crippen MR) is 90.6 cm³/mol. The van der Waals surface area contributed by atoms with Gasteiger partial charge in [-0.15, -0.1) is 0 Å². The summed E-state index contributed by atoms with van der Waals surface area (Å²) in [7, 11) is 0. The summed E-state index contributed by atoms with van der Waals surface area (Å²) in [5.41, 5.74) is -6.81. The highest BCUT2D eigenvalue weighted by atomic mass is 16.8. The summed E-state index contributed by atoms with van der Waals surface area (Å²) in [5.74, 6) is -3.52. The van der Waals surface area contributed by atoms with E-state index in [4.69, 9.17) is 18.9 Å². The van der Waals surface area contributed by atoms with Crippen LogP contribution < -0.4 is 0 Å². The Morgan fingerprint density at radius 1 is 1.03 bits per heavy atom. The van der Waals surface area contributed by atoms with Crippen molar-refractivity contribution in [1.82, 2.24) is 0 Å². The van der Waals surface area contributed by atoms with E-state index >= 15 is 0 Å². The Morgan fingerprint density at radius 2 is 1.72 bits per heavy atom. The molecule has 0 unspecified atom stereocenters. The first-order valence-electron chi connectivity index (χ1n) is 10.1. The summed E-state index contributed by atoms with van der Waals surface area (Å²) in [6.45, 7) is 7.47. The summed E-state index contributed by atoms with van der Waals surface area (Å²) < 4.78 is 22.9. The van der Waals surface area contributed by atoms with Crippen LogP contribution in [0.15, 0.2) is 0 Å². The lowest BCUT2D eigenvalue weighted by molar-refractivity contribution is -0.238. The van der Waals surface area contributed by atoms with Crippen molar-refractivity contribution in [3.8, 4) is 0 Å². The first-order valence-corrected chi connectivity index (χ1v) is 10.1. The van der Waals surface area contributed by atoms with E-state index < -0.39 is 70.5 Å². The molecule has 0 aromatic heterocycles. The largest absolute Gasteiger partial charge is 0.459 e. The van der Waals surface area contributed by atoms with Gasteiger partial charge in [-0.05, 0) is 24.7 Å². The molecule has 0 amide bonds. The van der Waals surface area contributed by atoms with Gasteiger partial charge in [0.2, 0.25) is 11.9 Å². The van der Waals surface area contributed by atoms with E-state index in [-0.39, 0.29) is 17.8 Å². The fourth-order valence-corrected chi connectivity index (χ4v) is 8.06. The second kappa shape index (κ2) is 4.48. The van der Waals surface area contributed by atoms with Crippen LogP contribution in [0.5, 0.6) is 0 Å². The molecule has 0 bridgehead atoms. The fraction of sp³-hybridized carbons (Fsp3) is 0.850. The van der Waals surface area contributed by atoms with E-state index in [0.717, 1.165) is 0 Å². The number of carbonyl (C=O) groups is 3. The zero-order valence-electron chi connectivity index (χ0n) is 16.6. The summed E-state index contributed by atoms with van der Waals surface area (Å²) in [5, 5.41) is 23.0. The maximum atomic E-state index is 13.3. The van der Waals surface area contributed by atoms with Crippen molar-refractivity contribution in [3.05, 3.63) is 0 Å². The van der Waals surface area contributed by atoms with Crippen LogP contribution in [0.25, 0.3) is 0 Å². The molecule has 0 radical (unpaired) electrons. The third-order valence-corrected chi connectivity index (χ3v) is 8.97. The van der Waals surface area contributed by atoms with Crippen LogP contribution in [-0.4, -0.2) is 63.9 Å². The third-order valence-electron chi connectivity index (χ3n) is 8.97. The molecule has 4 aliphatic heterocycles. The molecule has 29 heavy (non-hydrogen) atoms. The van der Waals surface area contributed by atoms with Gasteiger partial charge < -0.3 is 29.2 Å². The third kappa shape index (κ3) is 1.35. The SMILES string of the molecule is C[C@@H]1C(=O)O[C@H]2C[C@]34[C@H]5C[C@@H](C(C)(C)C)[C@]36[C@H](OC(=O)[C@@H]6O)O[C@@]4(C(=O)O5)[C@]21O. The lowest BCUT2D eigenvalue weighted by Gasteiger charge is -2.46. The van der Waals surface area contributed by atoms with Crippen molar-refractivity contribution in [1.29, 1.82) is 0 Å². The van der Waals surface area contributed by atoms with Crippen molar-refractivity contribution in [3.63, 3.8) is 0 Å². The molecule has 6 fully saturated rings. The van der Waals surface area contributed by atoms with E-state index in [0.29, 0.717) is 6.42 Å². The number of aliphatic hydroxyl groups is 2. The summed E-state index contributed by atoms with van der Waals surface area (Å²) in [6, 6.07) is 0. The number of hydrogen-bond acceptors (Lipinski definition) is 9. The quantitative estimate of drug-likeness (QED) is 0.408. The van der Waals surface area contributed by atoms with E-state index in [1.807, 2.05) is 20.8 Å². The van der Waals surface area contributed by atoms with E-state index in [1.165, 1.54) is 6.92 Å². The van der Waals surface area contributed by atoms with Crippen LogP contribution in [0.1, 0.15) is 40.5 Å². The molecule has 158 valence electrons. The van der Waals surface area contributed by atoms with Gasteiger partial charge in [0.15, 0.2) is 11.7 Å². The van der Waals surface area contributed by atoms with Crippen LogP contribution in [0.4, 0.5) is 0 Å². The lowest BCUT2D eigenvalue weighted by atomic mass is 9.51. The standard InChI is InChI=1S/C20H24O9/c1-7-12(22)26-10-6-17-9-5-8(16(2,3)4)18(17)11(21)13(23)28-15(18)29-20(17,14(24)27-9)19(7,10)25/h7-11,15,21,25H,5-6H2,1-4H3/t7-,8+,9-,10+,11+,15-,17+,18+,19-,20-/m1/s1. The molecule has 0 aromatic rings. The Kier molecular flexibility index (Phi) is 2.79. The first kappa shape index (κ1) is 18.1. The number of hydrogen-bond donors (Lipinski definition) is 2. The van der Waals surface area contributed by atoms with E-state index in [9.17, 15) is 24.6 Å². The maximum Gasteiger partial charge on any atom is 0.342 e. The van der Waals surface area contributed by atoms with Crippen molar-refractivity contribution >= 4 is 17.9 Å². The van der Waals surface area contributed by atoms with Crippen LogP contribution >= 0.6 is 0 Å². The Balaban J connectivity index is 1.68. The molecule has 2 spiro atoms.